The average molecular weight is 438 g/mol. The first-order valence-electron chi connectivity index (χ1n) is 9.50. The van der Waals surface area contributed by atoms with Crippen LogP contribution < -0.4 is 10.1 Å². The Morgan fingerprint density at radius 3 is 2.28 bits per heavy atom. The van der Waals surface area contributed by atoms with Crippen LogP contribution in [0, 0.1) is 0 Å². The highest BCUT2D eigenvalue weighted by atomic mass is 35.5. The third-order valence-corrected chi connectivity index (χ3v) is 4.99. The van der Waals surface area contributed by atoms with Crippen molar-refractivity contribution in [3.63, 3.8) is 0 Å². The monoisotopic (exact) mass is 437 g/mol. The molecule has 0 saturated heterocycles. The van der Waals surface area contributed by atoms with Crippen molar-refractivity contribution in [1.82, 2.24) is 5.32 Å². The summed E-state index contributed by atoms with van der Waals surface area (Å²) in [4.78, 5) is 24.8. The molecule has 0 bridgehead atoms. The molecule has 156 valence electrons. The number of methoxy groups -OCH3 is 1. The summed E-state index contributed by atoms with van der Waals surface area (Å²) >= 11 is 12.2. The van der Waals surface area contributed by atoms with E-state index in [1.54, 1.807) is 18.2 Å². The van der Waals surface area contributed by atoms with E-state index in [2.05, 4.69) is 12.2 Å². The highest BCUT2D eigenvalue weighted by Crippen LogP contribution is 2.24. The number of halogens is 2. The number of nitrogens with one attached hydrogen (secondary N) is 1. The third kappa shape index (κ3) is 6.94. The molecule has 0 aliphatic rings. The van der Waals surface area contributed by atoms with Crippen molar-refractivity contribution in [3.8, 4) is 5.75 Å². The van der Waals surface area contributed by atoms with Crippen LogP contribution in [0.5, 0.6) is 5.75 Å². The number of hydrogen-bond acceptors (Lipinski definition) is 4. The SMILES string of the molecule is CCCCCOc1ccc(C[C@H](NC(=O)c2c(Cl)cccc2Cl)C(=O)OC)cc1. The first-order valence-corrected chi connectivity index (χ1v) is 10.3. The molecule has 2 aromatic carbocycles. The summed E-state index contributed by atoms with van der Waals surface area (Å²) in [6, 6.07) is 11.3. The highest BCUT2D eigenvalue weighted by molar-refractivity contribution is 6.39. The van der Waals surface area contributed by atoms with Gasteiger partial charge in [-0.05, 0) is 36.2 Å². The quantitative estimate of drug-likeness (QED) is 0.415. The molecular formula is C22H25Cl2NO4. The largest absolute Gasteiger partial charge is 0.494 e. The lowest BCUT2D eigenvalue weighted by Gasteiger charge is -2.18. The van der Waals surface area contributed by atoms with E-state index in [1.807, 2.05) is 24.3 Å². The minimum Gasteiger partial charge on any atom is -0.494 e. The van der Waals surface area contributed by atoms with E-state index in [4.69, 9.17) is 32.7 Å². The summed E-state index contributed by atoms with van der Waals surface area (Å²) in [6.45, 7) is 2.82. The van der Waals surface area contributed by atoms with E-state index in [0.717, 1.165) is 30.6 Å². The zero-order valence-corrected chi connectivity index (χ0v) is 18.1. The third-order valence-electron chi connectivity index (χ3n) is 4.36. The van der Waals surface area contributed by atoms with E-state index in [-0.39, 0.29) is 22.0 Å². The normalized spacial score (nSPS) is 11.6. The molecule has 0 fully saturated rings. The molecule has 0 aliphatic heterocycles. The Kier molecular flexibility index (Phi) is 9.29. The fourth-order valence-electron chi connectivity index (χ4n) is 2.78. The van der Waals surface area contributed by atoms with Crippen molar-refractivity contribution >= 4 is 35.1 Å². The zero-order chi connectivity index (χ0) is 21.2. The number of amides is 1. The summed E-state index contributed by atoms with van der Waals surface area (Å²) in [5, 5.41) is 3.09. The van der Waals surface area contributed by atoms with Gasteiger partial charge < -0.3 is 14.8 Å². The van der Waals surface area contributed by atoms with Crippen LogP contribution in [0.1, 0.15) is 42.1 Å². The number of benzene rings is 2. The number of esters is 1. The summed E-state index contributed by atoms with van der Waals surface area (Å²) in [6.07, 6.45) is 3.55. The van der Waals surface area contributed by atoms with Gasteiger partial charge in [0.2, 0.25) is 0 Å². The van der Waals surface area contributed by atoms with Crippen molar-refractivity contribution in [2.75, 3.05) is 13.7 Å². The predicted molar refractivity (Wildman–Crippen MR) is 115 cm³/mol. The van der Waals surface area contributed by atoms with E-state index >= 15 is 0 Å². The Morgan fingerprint density at radius 1 is 1.03 bits per heavy atom. The fraction of sp³-hybridized carbons (Fsp3) is 0.364. The topological polar surface area (TPSA) is 64.6 Å². The molecule has 0 radical (unpaired) electrons. The molecule has 0 unspecified atom stereocenters. The van der Waals surface area contributed by atoms with Crippen LogP contribution in [0.3, 0.4) is 0 Å². The van der Waals surface area contributed by atoms with Gasteiger partial charge in [-0.15, -0.1) is 0 Å². The lowest BCUT2D eigenvalue weighted by atomic mass is 10.0. The van der Waals surface area contributed by atoms with Crippen LogP contribution in [0.25, 0.3) is 0 Å². The molecule has 1 N–H and O–H groups in total. The maximum absolute atomic E-state index is 12.6. The van der Waals surface area contributed by atoms with Crippen molar-refractivity contribution in [3.05, 3.63) is 63.6 Å². The van der Waals surface area contributed by atoms with Crippen LogP contribution in [-0.2, 0) is 16.0 Å². The summed E-state index contributed by atoms with van der Waals surface area (Å²) in [5.41, 5.74) is 0.979. The van der Waals surface area contributed by atoms with Crippen LogP contribution >= 0.6 is 23.2 Å². The lowest BCUT2D eigenvalue weighted by Crippen LogP contribution is -2.43. The molecule has 0 spiro atoms. The Hall–Kier alpha value is -2.24. The van der Waals surface area contributed by atoms with Gasteiger partial charge >= 0.3 is 5.97 Å². The molecule has 1 amide bonds. The van der Waals surface area contributed by atoms with Gasteiger partial charge in [0, 0.05) is 6.42 Å². The Labute approximate surface area is 181 Å². The van der Waals surface area contributed by atoms with Crippen molar-refractivity contribution in [2.24, 2.45) is 0 Å². The summed E-state index contributed by atoms with van der Waals surface area (Å²) in [7, 11) is 1.28. The van der Waals surface area contributed by atoms with E-state index in [9.17, 15) is 9.59 Å². The van der Waals surface area contributed by atoms with Crippen LogP contribution in [0.2, 0.25) is 10.0 Å². The fourth-order valence-corrected chi connectivity index (χ4v) is 3.35. The molecule has 5 nitrogen and oxygen atoms in total. The minimum atomic E-state index is -0.879. The molecule has 2 aromatic rings. The van der Waals surface area contributed by atoms with Gasteiger partial charge in [0.15, 0.2) is 0 Å². The Morgan fingerprint density at radius 2 is 1.69 bits per heavy atom. The number of carbonyl (C=O) groups excluding carboxylic acids is 2. The van der Waals surface area contributed by atoms with E-state index < -0.39 is 17.9 Å². The summed E-state index contributed by atoms with van der Waals surface area (Å²) in [5.74, 6) is -0.320. The first-order chi connectivity index (χ1) is 14.0. The maximum Gasteiger partial charge on any atom is 0.328 e. The van der Waals surface area contributed by atoms with Crippen molar-refractivity contribution < 1.29 is 19.1 Å². The number of rotatable bonds is 10. The molecule has 29 heavy (non-hydrogen) atoms. The van der Waals surface area contributed by atoms with E-state index in [0.29, 0.717) is 6.61 Å². The number of unbranched alkanes of at least 4 members (excludes halogenated alkanes) is 2. The minimum absolute atomic E-state index is 0.126. The van der Waals surface area contributed by atoms with Gasteiger partial charge in [-0.3, -0.25) is 4.79 Å². The summed E-state index contributed by atoms with van der Waals surface area (Å²) < 4.78 is 10.5. The Balaban J connectivity index is 2.05. The smallest absolute Gasteiger partial charge is 0.328 e. The molecule has 7 heteroatoms. The average Bonchev–Trinajstić information content (AvgIpc) is 2.71. The van der Waals surface area contributed by atoms with Crippen LogP contribution in [0.15, 0.2) is 42.5 Å². The van der Waals surface area contributed by atoms with Gasteiger partial charge in [-0.25, -0.2) is 4.79 Å². The van der Waals surface area contributed by atoms with Crippen molar-refractivity contribution in [1.29, 1.82) is 0 Å². The molecule has 0 aliphatic carbocycles. The first kappa shape index (κ1) is 23.0. The van der Waals surface area contributed by atoms with Gasteiger partial charge in [-0.1, -0.05) is 61.2 Å². The number of ether oxygens (including phenoxy) is 2. The maximum atomic E-state index is 12.6. The van der Waals surface area contributed by atoms with Gasteiger partial charge in [0.1, 0.15) is 11.8 Å². The molecular weight excluding hydrogens is 413 g/mol. The number of hydrogen-bond donors (Lipinski definition) is 1. The van der Waals surface area contributed by atoms with Gasteiger partial charge in [0.05, 0.1) is 29.3 Å². The second-order valence-electron chi connectivity index (χ2n) is 6.55. The van der Waals surface area contributed by atoms with Crippen LogP contribution in [-0.4, -0.2) is 31.6 Å². The second kappa shape index (κ2) is 11.7. The predicted octanol–water partition coefficient (Wildman–Crippen LogP) is 5.08. The zero-order valence-electron chi connectivity index (χ0n) is 16.5. The molecule has 0 heterocycles. The molecule has 0 aromatic heterocycles. The number of carbonyl (C=O) groups is 2. The lowest BCUT2D eigenvalue weighted by molar-refractivity contribution is -0.142. The van der Waals surface area contributed by atoms with Gasteiger partial charge in [0.25, 0.3) is 5.91 Å². The van der Waals surface area contributed by atoms with Crippen molar-refractivity contribution in [2.45, 2.75) is 38.6 Å². The highest BCUT2D eigenvalue weighted by Gasteiger charge is 2.24. The Bertz CT molecular complexity index is 804. The van der Waals surface area contributed by atoms with E-state index in [1.165, 1.54) is 7.11 Å². The standard InChI is InChI=1S/C22H25Cl2NO4/c1-3-4-5-13-29-16-11-9-15(10-12-16)14-19(22(27)28-2)25-21(26)20-17(23)7-6-8-18(20)24/h6-12,19H,3-5,13-14H2,1-2H3,(H,25,26)/t19-/m0/s1. The molecule has 2 rings (SSSR count). The molecule has 0 saturated carbocycles. The van der Waals surface area contributed by atoms with Gasteiger partial charge in [-0.2, -0.15) is 0 Å². The van der Waals surface area contributed by atoms with Crippen LogP contribution in [0.4, 0.5) is 0 Å². The second-order valence-corrected chi connectivity index (χ2v) is 7.36. The molecule has 1 atom stereocenters.